The summed E-state index contributed by atoms with van der Waals surface area (Å²) in [6.45, 7) is 1.64. The molecule has 3 aromatic carbocycles. The standard InChI is InChI=1S/C26H23N3O3/c27-14-23(26(30)28-15-22-11-12-24-25(13-22)32-19-31-24)18-29(16-20-7-3-1-4-8-20)17-21-9-5-2-6-10-21/h1-13,18H,15-17,19H2,(H,28,30)/b23-18-. The highest BCUT2D eigenvalue weighted by atomic mass is 16.7. The number of hydrogen-bond donors (Lipinski definition) is 1. The van der Waals surface area contributed by atoms with Crippen molar-refractivity contribution in [2.24, 2.45) is 0 Å². The van der Waals surface area contributed by atoms with Gasteiger partial charge in [0.25, 0.3) is 5.91 Å². The lowest BCUT2D eigenvalue weighted by Crippen LogP contribution is -2.26. The van der Waals surface area contributed by atoms with E-state index in [0.29, 0.717) is 24.6 Å². The van der Waals surface area contributed by atoms with Crippen LogP contribution < -0.4 is 14.8 Å². The predicted molar refractivity (Wildman–Crippen MR) is 120 cm³/mol. The summed E-state index contributed by atoms with van der Waals surface area (Å²) in [6.07, 6.45) is 1.63. The lowest BCUT2D eigenvalue weighted by molar-refractivity contribution is -0.117. The molecular formula is C26H23N3O3. The Morgan fingerprint density at radius 3 is 2.16 bits per heavy atom. The van der Waals surface area contributed by atoms with Crippen LogP contribution in [0.15, 0.2) is 90.6 Å². The third-order valence-corrected chi connectivity index (χ3v) is 5.02. The lowest BCUT2D eigenvalue weighted by Gasteiger charge is -2.21. The zero-order valence-electron chi connectivity index (χ0n) is 17.5. The fraction of sp³-hybridized carbons (Fsp3) is 0.154. The normalized spacial score (nSPS) is 12.2. The number of nitrogens with zero attached hydrogens (tertiary/aromatic N) is 2. The molecule has 0 fully saturated rings. The molecule has 6 nitrogen and oxygen atoms in total. The van der Waals surface area contributed by atoms with Crippen molar-refractivity contribution >= 4 is 5.91 Å². The second kappa shape index (κ2) is 10.2. The first-order valence-corrected chi connectivity index (χ1v) is 10.3. The van der Waals surface area contributed by atoms with Crippen LogP contribution in [0.25, 0.3) is 0 Å². The summed E-state index contributed by atoms with van der Waals surface area (Å²) in [6, 6.07) is 27.5. The Labute approximate surface area is 187 Å². The van der Waals surface area contributed by atoms with Crippen molar-refractivity contribution in [2.45, 2.75) is 19.6 Å². The molecule has 0 aliphatic carbocycles. The van der Waals surface area contributed by atoms with Crippen LogP contribution in [-0.2, 0) is 24.4 Å². The maximum Gasteiger partial charge on any atom is 0.263 e. The van der Waals surface area contributed by atoms with E-state index in [1.54, 1.807) is 6.20 Å². The van der Waals surface area contributed by atoms with Crippen molar-refractivity contribution < 1.29 is 14.3 Å². The quantitative estimate of drug-likeness (QED) is 0.434. The summed E-state index contributed by atoms with van der Waals surface area (Å²) < 4.78 is 10.7. The molecule has 0 unspecified atom stereocenters. The Bertz CT molecular complexity index is 1100. The third kappa shape index (κ3) is 5.46. The molecule has 1 amide bonds. The number of carbonyl (C=O) groups excluding carboxylic acids is 1. The Morgan fingerprint density at radius 2 is 1.53 bits per heavy atom. The minimum Gasteiger partial charge on any atom is -0.454 e. The van der Waals surface area contributed by atoms with Crippen molar-refractivity contribution in [3.05, 3.63) is 107 Å². The van der Waals surface area contributed by atoms with Gasteiger partial charge in [-0.1, -0.05) is 66.7 Å². The number of rotatable bonds is 8. The molecule has 0 atom stereocenters. The molecule has 0 aromatic heterocycles. The molecule has 32 heavy (non-hydrogen) atoms. The second-order valence-corrected chi connectivity index (χ2v) is 7.40. The Kier molecular flexibility index (Phi) is 6.69. The van der Waals surface area contributed by atoms with Crippen molar-refractivity contribution in [2.75, 3.05) is 6.79 Å². The van der Waals surface area contributed by atoms with Crippen molar-refractivity contribution in [3.8, 4) is 17.6 Å². The number of carbonyl (C=O) groups is 1. The average molecular weight is 425 g/mol. The van der Waals surface area contributed by atoms with Gasteiger partial charge in [0.1, 0.15) is 11.6 Å². The number of hydrogen-bond acceptors (Lipinski definition) is 5. The molecule has 4 rings (SSSR count). The molecule has 1 aliphatic rings. The van der Waals surface area contributed by atoms with Crippen molar-refractivity contribution in [1.82, 2.24) is 10.2 Å². The average Bonchev–Trinajstić information content (AvgIpc) is 3.30. The van der Waals surface area contributed by atoms with E-state index in [9.17, 15) is 10.1 Å². The summed E-state index contributed by atoms with van der Waals surface area (Å²) in [4.78, 5) is 14.7. The van der Waals surface area contributed by atoms with Gasteiger partial charge >= 0.3 is 0 Å². The van der Waals surface area contributed by atoms with Gasteiger partial charge in [-0.2, -0.15) is 5.26 Å². The van der Waals surface area contributed by atoms with Crippen LogP contribution in [0.3, 0.4) is 0 Å². The van der Waals surface area contributed by atoms with Gasteiger partial charge in [0, 0.05) is 25.8 Å². The largest absolute Gasteiger partial charge is 0.454 e. The van der Waals surface area contributed by atoms with E-state index in [-0.39, 0.29) is 18.9 Å². The van der Waals surface area contributed by atoms with Gasteiger partial charge in [-0.05, 0) is 28.8 Å². The number of fused-ring (bicyclic) bond motifs is 1. The number of nitrogens with one attached hydrogen (secondary N) is 1. The number of amides is 1. The van der Waals surface area contributed by atoms with Gasteiger partial charge in [-0.25, -0.2) is 0 Å². The van der Waals surface area contributed by atoms with E-state index < -0.39 is 5.91 Å². The minimum atomic E-state index is -0.420. The number of benzene rings is 3. The van der Waals surface area contributed by atoms with Gasteiger partial charge in [-0.15, -0.1) is 0 Å². The molecule has 0 spiro atoms. The van der Waals surface area contributed by atoms with Crippen LogP contribution in [-0.4, -0.2) is 17.6 Å². The topological polar surface area (TPSA) is 74.6 Å². The molecule has 1 aliphatic heterocycles. The van der Waals surface area contributed by atoms with Gasteiger partial charge in [0.15, 0.2) is 11.5 Å². The van der Waals surface area contributed by atoms with E-state index in [4.69, 9.17) is 9.47 Å². The summed E-state index contributed by atoms with van der Waals surface area (Å²) in [5, 5.41) is 12.5. The first kappa shape index (κ1) is 21.0. The maximum absolute atomic E-state index is 12.7. The molecule has 0 radical (unpaired) electrons. The maximum atomic E-state index is 12.7. The first-order valence-electron chi connectivity index (χ1n) is 10.3. The predicted octanol–water partition coefficient (Wildman–Crippen LogP) is 4.14. The lowest BCUT2D eigenvalue weighted by atomic mass is 10.1. The molecule has 0 saturated heterocycles. The molecule has 6 heteroatoms. The SMILES string of the molecule is N#C/C(=C/N(Cc1ccccc1)Cc1ccccc1)C(=O)NCc1ccc2c(c1)OCO2. The molecule has 160 valence electrons. The molecule has 0 bridgehead atoms. The van der Waals surface area contributed by atoms with E-state index >= 15 is 0 Å². The molecular weight excluding hydrogens is 402 g/mol. The fourth-order valence-electron chi connectivity index (χ4n) is 3.43. The van der Waals surface area contributed by atoms with Crippen molar-refractivity contribution in [1.29, 1.82) is 5.26 Å². The Balaban J connectivity index is 1.47. The fourth-order valence-corrected chi connectivity index (χ4v) is 3.43. The highest BCUT2D eigenvalue weighted by Crippen LogP contribution is 2.32. The zero-order chi connectivity index (χ0) is 22.2. The highest BCUT2D eigenvalue weighted by Gasteiger charge is 2.15. The van der Waals surface area contributed by atoms with Crippen LogP contribution in [0, 0.1) is 11.3 Å². The summed E-state index contributed by atoms with van der Waals surface area (Å²) in [5.74, 6) is 0.927. The van der Waals surface area contributed by atoms with Gasteiger partial charge in [-0.3, -0.25) is 4.79 Å². The van der Waals surface area contributed by atoms with Gasteiger partial charge in [0.2, 0.25) is 6.79 Å². The number of nitriles is 1. The summed E-state index contributed by atoms with van der Waals surface area (Å²) in [5.41, 5.74) is 3.11. The van der Waals surface area contributed by atoms with Crippen LogP contribution in [0.1, 0.15) is 16.7 Å². The Hall–Kier alpha value is -4.24. The van der Waals surface area contributed by atoms with E-state index in [0.717, 1.165) is 16.7 Å². The van der Waals surface area contributed by atoms with Gasteiger partial charge in [0.05, 0.1) is 0 Å². The van der Waals surface area contributed by atoms with Crippen LogP contribution in [0.5, 0.6) is 11.5 Å². The highest BCUT2D eigenvalue weighted by molar-refractivity contribution is 5.97. The smallest absolute Gasteiger partial charge is 0.263 e. The molecule has 1 heterocycles. The first-order chi connectivity index (χ1) is 15.7. The van der Waals surface area contributed by atoms with E-state index in [1.165, 1.54) is 0 Å². The van der Waals surface area contributed by atoms with Crippen molar-refractivity contribution in [3.63, 3.8) is 0 Å². The minimum absolute atomic E-state index is 0.0533. The van der Waals surface area contributed by atoms with Crippen LogP contribution in [0.2, 0.25) is 0 Å². The monoisotopic (exact) mass is 425 g/mol. The van der Waals surface area contributed by atoms with E-state index in [1.807, 2.05) is 89.8 Å². The molecule has 3 aromatic rings. The molecule has 1 N–H and O–H groups in total. The third-order valence-electron chi connectivity index (χ3n) is 5.02. The summed E-state index contributed by atoms with van der Waals surface area (Å²) >= 11 is 0. The summed E-state index contributed by atoms with van der Waals surface area (Å²) in [7, 11) is 0. The van der Waals surface area contributed by atoms with E-state index in [2.05, 4.69) is 5.32 Å². The number of ether oxygens (including phenoxy) is 2. The second-order valence-electron chi connectivity index (χ2n) is 7.40. The zero-order valence-corrected chi connectivity index (χ0v) is 17.5. The molecule has 0 saturated carbocycles. The van der Waals surface area contributed by atoms with Crippen LogP contribution >= 0.6 is 0 Å². The Morgan fingerprint density at radius 1 is 0.906 bits per heavy atom. The van der Waals surface area contributed by atoms with Gasteiger partial charge < -0.3 is 19.7 Å². The van der Waals surface area contributed by atoms with Crippen LogP contribution in [0.4, 0.5) is 0 Å².